The zero-order valence-electron chi connectivity index (χ0n) is 5.47. The minimum absolute atomic E-state index is 0.622. The van der Waals surface area contributed by atoms with Gasteiger partial charge < -0.3 is 5.73 Å². The number of rotatable bonds is 2. The Morgan fingerprint density at radius 1 is 1.44 bits per heavy atom. The lowest BCUT2D eigenvalue weighted by Gasteiger charge is -2.11. The molecule has 0 unspecified atom stereocenters. The summed E-state index contributed by atoms with van der Waals surface area (Å²) in [5.74, 6) is 0. The third-order valence-electron chi connectivity index (χ3n) is 1.58. The van der Waals surface area contributed by atoms with Crippen LogP contribution >= 0.6 is 12.2 Å². The maximum Gasteiger partial charge on any atom is 0.0870 e. The van der Waals surface area contributed by atoms with Gasteiger partial charge in [0.05, 0.1) is 4.99 Å². The number of hydrogen-bond acceptors (Lipinski definition) is 2. The molecule has 0 radical (unpaired) electrons. The van der Waals surface area contributed by atoms with Crippen LogP contribution in [-0.2, 0) is 0 Å². The number of thiocarbonyl (C=S) groups is 1. The largest absolute Gasteiger partial charge is 0.392 e. The van der Waals surface area contributed by atoms with Gasteiger partial charge >= 0.3 is 0 Å². The summed E-state index contributed by atoms with van der Waals surface area (Å²) < 4.78 is 0. The van der Waals surface area contributed by atoms with Crippen molar-refractivity contribution in [1.29, 1.82) is 0 Å². The molecule has 0 amide bonds. The molecule has 1 rings (SSSR count). The molecular formula is C6H12N2S. The summed E-state index contributed by atoms with van der Waals surface area (Å²) in [4.78, 5) is 2.92. The van der Waals surface area contributed by atoms with Crippen LogP contribution in [0.2, 0.25) is 0 Å². The quantitative estimate of drug-likeness (QED) is 0.568. The minimum Gasteiger partial charge on any atom is -0.392 e. The van der Waals surface area contributed by atoms with E-state index in [0.29, 0.717) is 4.99 Å². The first kappa shape index (κ1) is 6.96. The van der Waals surface area contributed by atoms with Crippen LogP contribution in [0.5, 0.6) is 0 Å². The average molecular weight is 144 g/mol. The molecule has 52 valence electrons. The van der Waals surface area contributed by atoms with Crippen LogP contribution in [0.1, 0.15) is 12.8 Å². The van der Waals surface area contributed by atoms with E-state index in [1.807, 2.05) is 0 Å². The summed E-state index contributed by atoms with van der Waals surface area (Å²) in [6, 6.07) is 0. The second-order valence-corrected chi connectivity index (χ2v) is 2.97. The number of nitrogens with zero attached hydrogens (tertiary/aromatic N) is 1. The molecule has 1 saturated heterocycles. The van der Waals surface area contributed by atoms with E-state index in [1.54, 1.807) is 0 Å². The van der Waals surface area contributed by atoms with Crippen LogP contribution in [0.15, 0.2) is 0 Å². The van der Waals surface area contributed by atoms with Crippen molar-refractivity contribution in [2.24, 2.45) is 5.73 Å². The van der Waals surface area contributed by atoms with Crippen molar-refractivity contribution >= 4 is 17.2 Å². The lowest BCUT2D eigenvalue weighted by Crippen LogP contribution is -2.29. The lowest BCUT2D eigenvalue weighted by molar-refractivity contribution is 0.389. The van der Waals surface area contributed by atoms with E-state index >= 15 is 0 Å². The molecular weight excluding hydrogens is 132 g/mol. The standard InChI is InChI=1S/C6H12N2S/c7-6(9)5-8-3-1-2-4-8/h1-5H2,(H2,7,9). The molecule has 0 bridgehead atoms. The summed E-state index contributed by atoms with van der Waals surface area (Å²) in [5.41, 5.74) is 5.36. The highest BCUT2D eigenvalue weighted by Crippen LogP contribution is 2.05. The Hall–Kier alpha value is -0.150. The Balaban J connectivity index is 2.19. The second kappa shape index (κ2) is 3.13. The Bertz CT molecular complexity index is 108. The van der Waals surface area contributed by atoms with Crippen LogP contribution in [0, 0.1) is 0 Å². The molecule has 3 heteroatoms. The Labute approximate surface area is 61.0 Å². The van der Waals surface area contributed by atoms with Gasteiger partial charge in [0.15, 0.2) is 0 Å². The van der Waals surface area contributed by atoms with E-state index in [1.165, 1.54) is 25.9 Å². The fraction of sp³-hybridized carbons (Fsp3) is 0.833. The van der Waals surface area contributed by atoms with Crippen LogP contribution in [0.4, 0.5) is 0 Å². The van der Waals surface area contributed by atoms with Gasteiger partial charge in [-0.2, -0.15) is 0 Å². The third-order valence-corrected chi connectivity index (χ3v) is 1.71. The van der Waals surface area contributed by atoms with Crippen molar-refractivity contribution < 1.29 is 0 Å². The van der Waals surface area contributed by atoms with Gasteiger partial charge in [0.25, 0.3) is 0 Å². The Morgan fingerprint density at radius 2 is 2.00 bits per heavy atom. The molecule has 2 N–H and O–H groups in total. The lowest BCUT2D eigenvalue weighted by atomic mass is 10.4. The van der Waals surface area contributed by atoms with Crippen molar-refractivity contribution in [1.82, 2.24) is 4.90 Å². The normalized spacial score (nSPS) is 20.4. The summed E-state index contributed by atoms with van der Waals surface area (Å²) >= 11 is 4.77. The van der Waals surface area contributed by atoms with Crippen LogP contribution < -0.4 is 5.73 Å². The van der Waals surface area contributed by atoms with Gasteiger partial charge in [0.2, 0.25) is 0 Å². The van der Waals surface area contributed by atoms with Gasteiger partial charge in [0, 0.05) is 6.54 Å². The SMILES string of the molecule is NC(=S)CN1CCCC1. The number of hydrogen-bond donors (Lipinski definition) is 1. The molecule has 1 heterocycles. The molecule has 9 heavy (non-hydrogen) atoms. The van der Waals surface area contributed by atoms with Crippen molar-refractivity contribution in [2.45, 2.75) is 12.8 Å². The van der Waals surface area contributed by atoms with E-state index < -0.39 is 0 Å². The fourth-order valence-corrected chi connectivity index (χ4v) is 1.34. The van der Waals surface area contributed by atoms with E-state index in [0.717, 1.165) is 6.54 Å². The Morgan fingerprint density at radius 3 is 2.44 bits per heavy atom. The predicted molar refractivity (Wildman–Crippen MR) is 42.5 cm³/mol. The highest BCUT2D eigenvalue weighted by atomic mass is 32.1. The molecule has 0 aromatic heterocycles. The van der Waals surface area contributed by atoms with Gasteiger partial charge in [-0.25, -0.2) is 0 Å². The predicted octanol–water partition coefficient (Wildman–Crippen LogP) is 0.368. The first-order chi connectivity index (χ1) is 4.29. The van der Waals surface area contributed by atoms with E-state index in [4.69, 9.17) is 18.0 Å². The van der Waals surface area contributed by atoms with Crippen molar-refractivity contribution in [2.75, 3.05) is 19.6 Å². The summed E-state index contributed by atoms with van der Waals surface area (Å²) in [5, 5.41) is 0. The van der Waals surface area contributed by atoms with Crippen molar-refractivity contribution in [3.05, 3.63) is 0 Å². The van der Waals surface area contributed by atoms with Crippen LogP contribution in [0.3, 0.4) is 0 Å². The topological polar surface area (TPSA) is 29.3 Å². The summed E-state index contributed by atoms with van der Waals surface area (Å²) in [6.07, 6.45) is 2.62. The molecule has 0 aromatic carbocycles. The number of likely N-dealkylation sites (tertiary alicyclic amines) is 1. The smallest absolute Gasteiger partial charge is 0.0870 e. The highest BCUT2D eigenvalue weighted by Gasteiger charge is 2.10. The van der Waals surface area contributed by atoms with Crippen LogP contribution in [-0.4, -0.2) is 29.5 Å². The molecule has 0 aromatic rings. The first-order valence-electron chi connectivity index (χ1n) is 3.30. The van der Waals surface area contributed by atoms with Crippen molar-refractivity contribution in [3.8, 4) is 0 Å². The number of nitrogens with two attached hydrogens (primary N) is 1. The molecule has 0 aliphatic carbocycles. The molecule has 1 fully saturated rings. The van der Waals surface area contributed by atoms with Gasteiger partial charge in [-0.05, 0) is 25.9 Å². The van der Waals surface area contributed by atoms with Gasteiger partial charge in [-0.1, -0.05) is 12.2 Å². The minimum atomic E-state index is 0.622. The molecule has 2 nitrogen and oxygen atoms in total. The second-order valence-electron chi connectivity index (χ2n) is 2.45. The summed E-state index contributed by atoms with van der Waals surface area (Å²) in [6.45, 7) is 3.17. The highest BCUT2D eigenvalue weighted by molar-refractivity contribution is 7.80. The molecule has 0 atom stereocenters. The molecule has 0 spiro atoms. The van der Waals surface area contributed by atoms with E-state index in [2.05, 4.69) is 4.90 Å². The molecule has 1 aliphatic rings. The van der Waals surface area contributed by atoms with E-state index in [-0.39, 0.29) is 0 Å². The molecule has 0 saturated carbocycles. The first-order valence-corrected chi connectivity index (χ1v) is 3.70. The third kappa shape index (κ3) is 2.28. The van der Waals surface area contributed by atoms with Gasteiger partial charge in [0.1, 0.15) is 0 Å². The van der Waals surface area contributed by atoms with Crippen molar-refractivity contribution in [3.63, 3.8) is 0 Å². The maximum absolute atomic E-state index is 5.36. The monoisotopic (exact) mass is 144 g/mol. The van der Waals surface area contributed by atoms with Gasteiger partial charge in [-0.3, -0.25) is 4.90 Å². The van der Waals surface area contributed by atoms with E-state index in [9.17, 15) is 0 Å². The maximum atomic E-state index is 5.36. The van der Waals surface area contributed by atoms with Crippen LogP contribution in [0.25, 0.3) is 0 Å². The fourth-order valence-electron chi connectivity index (χ4n) is 1.16. The van der Waals surface area contributed by atoms with Gasteiger partial charge in [-0.15, -0.1) is 0 Å². The zero-order chi connectivity index (χ0) is 6.69. The Kier molecular flexibility index (Phi) is 2.42. The molecule has 1 aliphatic heterocycles. The average Bonchev–Trinajstić information content (AvgIpc) is 2.15. The summed E-state index contributed by atoms with van der Waals surface area (Å²) in [7, 11) is 0. The zero-order valence-corrected chi connectivity index (χ0v) is 6.28.